The van der Waals surface area contributed by atoms with Crippen LogP contribution in [0.4, 0.5) is 5.69 Å². The van der Waals surface area contributed by atoms with Crippen LogP contribution < -0.4 is 14.8 Å². The van der Waals surface area contributed by atoms with Gasteiger partial charge >= 0.3 is 0 Å². The molecule has 2 aromatic heterocycles. The number of hydrogen-bond donors (Lipinski definition) is 1. The summed E-state index contributed by atoms with van der Waals surface area (Å²) < 4.78 is 24.3. The standard InChI is InChI=1S/C27H37N5O6/c1-31(9-10-36-23-11-18-3-5-19(23)6-4-18)26(33)16-32-15-20(14-29-32)30-27(34)24-12-22(17-37-24)38-21-7-8-28-25(13-21)35-2/h7-8,13-15,18-19,22-24H,3-6,9-12,16-17H2,1-2H3,(H,30,34)/t18?,19?,22-,23?,24+/m1/s1. The van der Waals surface area contributed by atoms with Gasteiger partial charge in [0.2, 0.25) is 11.8 Å². The van der Waals surface area contributed by atoms with Crippen LogP contribution in [0.25, 0.3) is 0 Å². The molecule has 3 aliphatic carbocycles. The van der Waals surface area contributed by atoms with Crippen LogP contribution in [0, 0.1) is 11.8 Å². The molecular formula is C27H37N5O6. The zero-order valence-corrected chi connectivity index (χ0v) is 22.1. The maximum absolute atomic E-state index is 12.7. The Balaban J connectivity index is 1.02. The average Bonchev–Trinajstić information content (AvgIpc) is 3.59. The minimum absolute atomic E-state index is 0.0633. The van der Waals surface area contributed by atoms with Gasteiger partial charge in [0.25, 0.3) is 5.91 Å². The number of nitrogens with one attached hydrogen (secondary N) is 1. The number of ether oxygens (including phenoxy) is 4. The second-order valence-corrected chi connectivity index (χ2v) is 10.5. The van der Waals surface area contributed by atoms with Crippen LogP contribution >= 0.6 is 0 Å². The Morgan fingerprint density at radius 3 is 2.84 bits per heavy atom. The predicted molar refractivity (Wildman–Crippen MR) is 138 cm³/mol. The van der Waals surface area contributed by atoms with E-state index in [9.17, 15) is 9.59 Å². The Labute approximate surface area is 222 Å². The van der Waals surface area contributed by atoms with E-state index >= 15 is 0 Å². The van der Waals surface area contributed by atoms with Crippen molar-refractivity contribution in [2.24, 2.45) is 11.8 Å². The highest BCUT2D eigenvalue weighted by Crippen LogP contribution is 2.42. The largest absolute Gasteiger partial charge is 0.488 e. The lowest BCUT2D eigenvalue weighted by Gasteiger charge is -2.42. The predicted octanol–water partition coefficient (Wildman–Crippen LogP) is 2.52. The van der Waals surface area contributed by atoms with Crippen molar-refractivity contribution in [3.63, 3.8) is 0 Å². The van der Waals surface area contributed by atoms with Crippen molar-refractivity contribution in [3.05, 3.63) is 30.7 Å². The van der Waals surface area contributed by atoms with Crippen molar-refractivity contribution in [2.45, 2.75) is 63.4 Å². The molecule has 1 saturated heterocycles. The van der Waals surface area contributed by atoms with Gasteiger partial charge in [-0.2, -0.15) is 5.10 Å². The van der Waals surface area contributed by atoms with E-state index in [0.29, 0.717) is 55.5 Å². The van der Waals surface area contributed by atoms with Crippen LogP contribution in [0.3, 0.4) is 0 Å². The summed E-state index contributed by atoms with van der Waals surface area (Å²) in [5.74, 6) is 2.24. The molecule has 2 aromatic rings. The number of pyridine rings is 1. The lowest BCUT2D eigenvalue weighted by Crippen LogP contribution is -2.39. The number of rotatable bonds is 11. The summed E-state index contributed by atoms with van der Waals surface area (Å²) in [4.78, 5) is 31.1. The van der Waals surface area contributed by atoms with Crippen molar-refractivity contribution >= 4 is 17.5 Å². The number of amides is 2. The molecular weight excluding hydrogens is 490 g/mol. The number of methoxy groups -OCH3 is 1. The number of aromatic nitrogens is 3. The molecule has 11 heteroatoms. The molecule has 0 aromatic carbocycles. The monoisotopic (exact) mass is 527 g/mol. The van der Waals surface area contributed by atoms with E-state index in [4.69, 9.17) is 18.9 Å². The van der Waals surface area contributed by atoms with Gasteiger partial charge in [-0.3, -0.25) is 14.3 Å². The van der Waals surface area contributed by atoms with E-state index in [-0.39, 0.29) is 24.5 Å². The molecule has 3 atom stereocenters. The van der Waals surface area contributed by atoms with Gasteiger partial charge in [0.15, 0.2) is 0 Å². The molecule has 4 fully saturated rings. The lowest BCUT2D eigenvalue weighted by atomic mass is 9.69. The van der Waals surface area contributed by atoms with Crippen LogP contribution in [-0.2, 0) is 25.6 Å². The number of anilines is 1. The molecule has 4 aliphatic rings. The van der Waals surface area contributed by atoms with Crippen LogP contribution in [0.5, 0.6) is 11.6 Å². The normalized spacial score (nSPS) is 26.2. The molecule has 3 saturated carbocycles. The third-order valence-corrected chi connectivity index (χ3v) is 7.84. The SMILES string of the molecule is COc1cc(O[C@H]2CO[C@H](C(=O)Nc3cnn(CC(=O)N(C)CCOC4CC5CCC4CC5)c3)C2)ccn1. The van der Waals surface area contributed by atoms with E-state index in [1.54, 1.807) is 36.5 Å². The van der Waals surface area contributed by atoms with Gasteiger partial charge in [-0.05, 0) is 50.0 Å². The molecule has 206 valence electrons. The van der Waals surface area contributed by atoms with Gasteiger partial charge < -0.3 is 29.2 Å². The number of nitrogens with zero attached hydrogens (tertiary/aromatic N) is 4. The first-order valence-electron chi connectivity index (χ1n) is 13.4. The van der Waals surface area contributed by atoms with Crippen molar-refractivity contribution in [3.8, 4) is 11.6 Å². The van der Waals surface area contributed by atoms with Gasteiger partial charge in [0.05, 0.1) is 38.3 Å². The quantitative estimate of drug-likeness (QED) is 0.474. The fourth-order valence-corrected chi connectivity index (χ4v) is 5.62. The Kier molecular flexibility index (Phi) is 8.43. The van der Waals surface area contributed by atoms with Gasteiger partial charge in [-0.15, -0.1) is 0 Å². The first-order chi connectivity index (χ1) is 18.5. The second-order valence-electron chi connectivity index (χ2n) is 10.5. The van der Waals surface area contributed by atoms with E-state index in [0.717, 1.165) is 5.92 Å². The molecule has 38 heavy (non-hydrogen) atoms. The highest BCUT2D eigenvalue weighted by molar-refractivity contribution is 5.94. The maximum Gasteiger partial charge on any atom is 0.253 e. The smallest absolute Gasteiger partial charge is 0.253 e. The number of carbonyl (C=O) groups is 2. The average molecular weight is 528 g/mol. The Morgan fingerprint density at radius 1 is 1.24 bits per heavy atom. The second kappa shape index (κ2) is 12.1. The van der Waals surface area contributed by atoms with Crippen molar-refractivity contribution in [2.75, 3.05) is 39.2 Å². The number of hydrogen-bond acceptors (Lipinski definition) is 8. The van der Waals surface area contributed by atoms with Gasteiger partial charge in [-0.25, -0.2) is 4.98 Å². The number of likely N-dealkylation sites (N-methyl/N-ethyl adjacent to an activating group) is 1. The summed E-state index contributed by atoms with van der Waals surface area (Å²) in [5.41, 5.74) is 0.507. The van der Waals surface area contributed by atoms with Gasteiger partial charge in [-0.1, -0.05) is 0 Å². The molecule has 1 aliphatic heterocycles. The van der Waals surface area contributed by atoms with Crippen LogP contribution in [0.2, 0.25) is 0 Å². The third kappa shape index (κ3) is 6.63. The maximum atomic E-state index is 12.7. The highest BCUT2D eigenvalue weighted by Gasteiger charge is 2.36. The first kappa shape index (κ1) is 26.4. The molecule has 11 nitrogen and oxygen atoms in total. The van der Waals surface area contributed by atoms with Gasteiger partial charge in [0.1, 0.15) is 24.5 Å². The summed E-state index contributed by atoms with van der Waals surface area (Å²) in [6.45, 7) is 1.49. The molecule has 1 N–H and O–H groups in total. The van der Waals surface area contributed by atoms with Crippen LogP contribution in [0.15, 0.2) is 30.7 Å². The number of carbonyl (C=O) groups excluding carboxylic acids is 2. The highest BCUT2D eigenvalue weighted by atomic mass is 16.6. The zero-order chi connectivity index (χ0) is 26.5. The van der Waals surface area contributed by atoms with E-state index in [1.807, 2.05) is 0 Å². The van der Waals surface area contributed by atoms with Crippen molar-refractivity contribution in [1.29, 1.82) is 0 Å². The molecule has 6 rings (SSSR count). The molecule has 3 heterocycles. The van der Waals surface area contributed by atoms with E-state index < -0.39 is 6.10 Å². The minimum atomic E-state index is -0.640. The Hall–Kier alpha value is -3.18. The van der Waals surface area contributed by atoms with Crippen LogP contribution in [-0.4, -0.2) is 83.7 Å². The number of fused-ring (bicyclic) bond motifs is 3. The Morgan fingerprint density at radius 2 is 2.08 bits per heavy atom. The van der Waals surface area contributed by atoms with Crippen molar-refractivity contribution < 1.29 is 28.5 Å². The molecule has 1 unspecified atom stereocenters. The summed E-state index contributed by atoms with van der Waals surface area (Å²) in [6.07, 6.45) is 11.1. The third-order valence-electron chi connectivity index (χ3n) is 7.84. The Bertz CT molecular complexity index is 1100. The van der Waals surface area contributed by atoms with E-state index in [1.165, 1.54) is 50.1 Å². The first-order valence-corrected chi connectivity index (χ1v) is 13.4. The summed E-state index contributed by atoms with van der Waals surface area (Å²) in [5, 5.41) is 7.04. The molecule has 0 radical (unpaired) electrons. The van der Waals surface area contributed by atoms with Crippen LogP contribution in [0.1, 0.15) is 38.5 Å². The molecule has 2 amide bonds. The van der Waals surface area contributed by atoms with Gasteiger partial charge in [0, 0.05) is 38.5 Å². The fraction of sp³-hybridized carbons (Fsp3) is 0.630. The topological polar surface area (TPSA) is 117 Å². The molecule has 2 bridgehead atoms. The summed E-state index contributed by atoms with van der Waals surface area (Å²) >= 11 is 0. The molecule has 0 spiro atoms. The summed E-state index contributed by atoms with van der Waals surface area (Å²) in [6, 6.07) is 3.42. The zero-order valence-electron chi connectivity index (χ0n) is 22.1. The van der Waals surface area contributed by atoms with E-state index in [2.05, 4.69) is 15.4 Å². The fourth-order valence-electron chi connectivity index (χ4n) is 5.62. The minimum Gasteiger partial charge on any atom is -0.488 e. The lowest BCUT2D eigenvalue weighted by molar-refractivity contribution is -0.132. The summed E-state index contributed by atoms with van der Waals surface area (Å²) in [7, 11) is 3.32. The van der Waals surface area contributed by atoms with Crippen molar-refractivity contribution in [1.82, 2.24) is 19.7 Å².